The van der Waals surface area contributed by atoms with E-state index in [2.05, 4.69) is 4.98 Å². The van der Waals surface area contributed by atoms with E-state index in [1.54, 1.807) is 32.4 Å². The van der Waals surface area contributed by atoms with Crippen molar-refractivity contribution in [3.63, 3.8) is 0 Å². The van der Waals surface area contributed by atoms with Crippen LogP contribution in [-0.2, 0) is 17.6 Å². The molecular formula is C28H29FNNaO4. The number of benzene rings is 2. The monoisotopic (exact) mass is 485 g/mol. The number of ether oxygens (including phenoxy) is 2. The van der Waals surface area contributed by atoms with Gasteiger partial charge in [0.1, 0.15) is 23.4 Å². The van der Waals surface area contributed by atoms with E-state index in [1.165, 1.54) is 25.3 Å². The van der Waals surface area contributed by atoms with Crippen LogP contribution < -0.4 is 44.1 Å². The molecule has 0 amide bonds. The Morgan fingerprint density at radius 2 is 1.94 bits per heavy atom. The number of fused-ring (bicyclic) bond motifs is 1. The summed E-state index contributed by atoms with van der Waals surface area (Å²) >= 11 is 0. The fourth-order valence-corrected chi connectivity index (χ4v) is 3.79. The molecule has 0 bridgehead atoms. The van der Waals surface area contributed by atoms with Crippen LogP contribution in [0.1, 0.15) is 55.5 Å². The van der Waals surface area contributed by atoms with Crippen molar-refractivity contribution >= 4 is 5.97 Å². The second-order valence-electron chi connectivity index (χ2n) is 8.89. The summed E-state index contributed by atoms with van der Waals surface area (Å²) in [7, 11) is 1.54. The molecule has 0 spiro atoms. The second kappa shape index (κ2) is 12.5. The number of carboxylic acid groups (broad SMARTS) is 1. The minimum atomic E-state index is -1.06. The van der Waals surface area contributed by atoms with Gasteiger partial charge >= 0.3 is 29.6 Å². The van der Waals surface area contributed by atoms with E-state index in [9.17, 15) is 14.3 Å². The number of hydrogen-bond acceptors (Lipinski definition) is 5. The van der Waals surface area contributed by atoms with Gasteiger partial charge in [-0.25, -0.2) is 4.39 Å². The zero-order valence-corrected chi connectivity index (χ0v) is 22.6. The Bertz CT molecular complexity index is 1150. The molecular weight excluding hydrogens is 456 g/mol. The van der Waals surface area contributed by atoms with Crippen LogP contribution in [0.3, 0.4) is 0 Å². The predicted octanol–water partition coefficient (Wildman–Crippen LogP) is 2.07. The number of hydrogen-bond donors (Lipinski definition) is 0. The number of aryl methyl sites for hydroxylation is 1. The molecule has 1 aliphatic carbocycles. The van der Waals surface area contributed by atoms with Gasteiger partial charge in [-0.2, -0.15) is 0 Å². The molecule has 0 saturated heterocycles. The second-order valence-corrected chi connectivity index (χ2v) is 8.89. The van der Waals surface area contributed by atoms with Crippen molar-refractivity contribution in [1.82, 2.24) is 4.98 Å². The summed E-state index contributed by atoms with van der Waals surface area (Å²) in [5.74, 6) is -0.631. The summed E-state index contributed by atoms with van der Waals surface area (Å²) in [6.45, 7) is 1.63. The number of nitrogens with zero attached hydrogens (tertiary/aromatic N) is 1. The van der Waals surface area contributed by atoms with Crippen LogP contribution in [0, 0.1) is 11.7 Å². The van der Waals surface area contributed by atoms with E-state index in [4.69, 9.17) is 9.47 Å². The van der Waals surface area contributed by atoms with Crippen molar-refractivity contribution in [2.75, 3.05) is 7.11 Å². The van der Waals surface area contributed by atoms with Crippen molar-refractivity contribution in [3.8, 4) is 22.6 Å². The molecule has 1 saturated carbocycles. The van der Waals surface area contributed by atoms with Crippen LogP contribution >= 0.6 is 0 Å². The average molecular weight is 486 g/mol. The normalized spacial score (nSPS) is 16.4. The van der Waals surface area contributed by atoms with Gasteiger partial charge in [0.05, 0.1) is 12.8 Å². The maximum absolute atomic E-state index is 14.2. The Balaban J connectivity index is 0.000000795. The molecule has 5 rings (SSSR count). The number of carbonyl (C=O) groups is 1. The quantitative estimate of drug-likeness (QED) is 0.500. The molecule has 3 aromatic rings. The largest absolute Gasteiger partial charge is 1.00 e. The Labute approximate surface area is 228 Å². The smallest absolute Gasteiger partial charge is 0.550 e. The van der Waals surface area contributed by atoms with Gasteiger partial charge < -0.3 is 19.4 Å². The molecule has 1 aliphatic heterocycles. The minimum Gasteiger partial charge on any atom is -0.550 e. The first-order valence-corrected chi connectivity index (χ1v) is 11.7. The summed E-state index contributed by atoms with van der Waals surface area (Å²) in [5.41, 5.74) is 3.85. The number of halogens is 1. The summed E-state index contributed by atoms with van der Waals surface area (Å²) in [4.78, 5) is 15.6. The SMILES string of the molecule is C1CC1.COc1ccc(F)c(-c2ccc(C3CCc4ccc(CC(C)C(=O)[O-])cc4O3)nc2)c1.[Na+]. The van der Waals surface area contributed by atoms with Gasteiger partial charge in [-0.05, 0) is 66.6 Å². The Kier molecular flexibility index (Phi) is 9.72. The number of aromatic nitrogens is 1. The average Bonchev–Trinajstić information content (AvgIpc) is 3.74. The molecule has 2 aromatic carbocycles. The van der Waals surface area contributed by atoms with E-state index in [0.717, 1.165) is 35.4 Å². The molecule has 1 fully saturated rings. The predicted molar refractivity (Wildman–Crippen MR) is 126 cm³/mol. The molecule has 35 heavy (non-hydrogen) atoms. The molecule has 1 aromatic heterocycles. The van der Waals surface area contributed by atoms with Crippen LogP contribution in [0.2, 0.25) is 0 Å². The van der Waals surface area contributed by atoms with Crippen LogP contribution in [0.4, 0.5) is 4.39 Å². The van der Waals surface area contributed by atoms with Crippen molar-refractivity contribution in [2.24, 2.45) is 5.92 Å². The summed E-state index contributed by atoms with van der Waals surface area (Å²) < 4.78 is 25.6. The number of aliphatic carboxylic acids is 1. The standard InChI is InChI=1S/C25H24FNO4.C3H6.Na/c1-15(25(28)29)11-16-3-4-17-6-10-23(31-24(17)12-16)22-9-5-18(14-27-22)20-13-19(30-2)7-8-21(20)26;1-2-3-1;/h3-5,7-9,12-15,23H,6,10-11H2,1-2H3,(H,28,29);1-3H2;/q;;+1/p-1. The Hall–Kier alpha value is -2.41. The molecule has 2 unspecified atom stereocenters. The zero-order valence-electron chi connectivity index (χ0n) is 20.6. The Morgan fingerprint density at radius 3 is 2.57 bits per heavy atom. The fourth-order valence-electron chi connectivity index (χ4n) is 3.79. The maximum Gasteiger partial charge on any atom is 1.00 e. The van der Waals surface area contributed by atoms with Crippen LogP contribution in [-0.4, -0.2) is 18.1 Å². The fraction of sp³-hybridized carbons (Fsp3) is 0.357. The zero-order chi connectivity index (χ0) is 24.1. The van der Waals surface area contributed by atoms with Gasteiger partial charge in [0.15, 0.2) is 0 Å². The van der Waals surface area contributed by atoms with Gasteiger partial charge in [-0.15, -0.1) is 0 Å². The van der Waals surface area contributed by atoms with Crippen molar-refractivity contribution in [2.45, 2.75) is 51.6 Å². The molecule has 0 N–H and O–H groups in total. The topological polar surface area (TPSA) is 71.5 Å². The van der Waals surface area contributed by atoms with E-state index >= 15 is 0 Å². The van der Waals surface area contributed by atoms with Crippen molar-refractivity contribution in [1.29, 1.82) is 0 Å². The maximum atomic E-state index is 14.2. The summed E-state index contributed by atoms with van der Waals surface area (Å²) in [6.07, 6.45) is 7.93. The van der Waals surface area contributed by atoms with Crippen molar-refractivity contribution < 1.29 is 53.3 Å². The van der Waals surface area contributed by atoms with Gasteiger partial charge in [0.2, 0.25) is 0 Å². The van der Waals surface area contributed by atoms with Gasteiger partial charge in [-0.3, -0.25) is 4.98 Å². The summed E-state index contributed by atoms with van der Waals surface area (Å²) in [5, 5.41) is 11.0. The van der Waals surface area contributed by atoms with E-state index in [-0.39, 0.29) is 41.5 Å². The molecule has 7 heteroatoms. The number of rotatable bonds is 6. The third-order valence-electron chi connectivity index (χ3n) is 5.98. The van der Waals surface area contributed by atoms with Gasteiger partial charge in [0.25, 0.3) is 0 Å². The first-order valence-electron chi connectivity index (χ1n) is 11.7. The molecule has 5 nitrogen and oxygen atoms in total. The van der Waals surface area contributed by atoms with Gasteiger partial charge in [0, 0.05) is 23.3 Å². The van der Waals surface area contributed by atoms with E-state index in [0.29, 0.717) is 23.3 Å². The summed E-state index contributed by atoms with van der Waals surface area (Å²) in [6, 6.07) is 14.1. The van der Waals surface area contributed by atoms with E-state index in [1.807, 2.05) is 30.3 Å². The van der Waals surface area contributed by atoms with Crippen LogP contribution in [0.25, 0.3) is 11.1 Å². The number of methoxy groups -OCH3 is 1. The third kappa shape index (κ3) is 7.29. The molecule has 2 atom stereocenters. The number of carbonyl (C=O) groups excluding carboxylic acids is 1. The molecule has 2 aliphatic rings. The van der Waals surface area contributed by atoms with Gasteiger partial charge in [-0.1, -0.05) is 44.4 Å². The molecule has 178 valence electrons. The molecule has 2 heterocycles. The number of carboxylic acids is 1. The van der Waals surface area contributed by atoms with Crippen LogP contribution in [0.15, 0.2) is 54.7 Å². The minimum absolute atomic E-state index is 0. The number of pyridine rings is 1. The Morgan fingerprint density at radius 1 is 1.17 bits per heavy atom. The van der Waals surface area contributed by atoms with Crippen molar-refractivity contribution in [3.05, 3.63) is 77.4 Å². The first kappa shape index (κ1) is 27.2. The van der Waals surface area contributed by atoms with Crippen LogP contribution in [0.5, 0.6) is 11.5 Å². The first-order chi connectivity index (χ1) is 16.4. The van der Waals surface area contributed by atoms with E-state index < -0.39 is 11.9 Å². The molecule has 0 radical (unpaired) electrons. The third-order valence-corrected chi connectivity index (χ3v) is 5.98.